The summed E-state index contributed by atoms with van der Waals surface area (Å²) in [7, 11) is 0. The fourth-order valence-corrected chi connectivity index (χ4v) is 4.91. The molecule has 4 aromatic rings. The van der Waals surface area contributed by atoms with E-state index in [9.17, 15) is 14.4 Å². The zero-order chi connectivity index (χ0) is 23.8. The van der Waals surface area contributed by atoms with Crippen molar-refractivity contribution in [2.75, 3.05) is 4.90 Å². The van der Waals surface area contributed by atoms with Crippen LogP contribution >= 0.6 is 11.3 Å². The molecule has 0 bridgehead atoms. The zero-order valence-corrected chi connectivity index (χ0v) is 19.4. The van der Waals surface area contributed by atoms with Crippen molar-refractivity contribution in [1.29, 1.82) is 0 Å². The summed E-state index contributed by atoms with van der Waals surface area (Å²) in [6.07, 6.45) is 0. The fourth-order valence-electron chi connectivity index (χ4n) is 4.04. The summed E-state index contributed by atoms with van der Waals surface area (Å²) < 4.78 is 5.46. The molecule has 3 aromatic carbocycles. The number of thiazole rings is 1. The number of esters is 1. The second-order valence-corrected chi connectivity index (χ2v) is 8.86. The van der Waals surface area contributed by atoms with Gasteiger partial charge in [0, 0.05) is 23.4 Å². The predicted molar refractivity (Wildman–Crippen MR) is 131 cm³/mol. The van der Waals surface area contributed by atoms with Crippen molar-refractivity contribution in [2.45, 2.75) is 20.5 Å². The van der Waals surface area contributed by atoms with E-state index < -0.39 is 5.97 Å². The van der Waals surface area contributed by atoms with Gasteiger partial charge in [-0.05, 0) is 47.9 Å². The molecule has 5 rings (SSSR count). The monoisotopic (exact) mass is 468 g/mol. The van der Waals surface area contributed by atoms with Gasteiger partial charge in [0.2, 0.25) is 5.91 Å². The molecular formula is C27H20N2O4S. The molecule has 0 N–H and O–H groups in total. The summed E-state index contributed by atoms with van der Waals surface area (Å²) in [5, 5.41) is 2.27. The van der Waals surface area contributed by atoms with E-state index in [1.807, 2.05) is 49.4 Å². The van der Waals surface area contributed by atoms with Gasteiger partial charge in [-0.2, -0.15) is 0 Å². The van der Waals surface area contributed by atoms with Gasteiger partial charge >= 0.3 is 5.97 Å². The Morgan fingerprint density at radius 1 is 0.941 bits per heavy atom. The number of aromatic nitrogens is 1. The lowest BCUT2D eigenvalue weighted by Gasteiger charge is -2.18. The Morgan fingerprint density at radius 3 is 2.47 bits per heavy atom. The molecular weight excluding hydrogens is 448 g/mol. The van der Waals surface area contributed by atoms with Gasteiger partial charge in [-0.3, -0.25) is 14.5 Å². The Morgan fingerprint density at radius 2 is 1.71 bits per heavy atom. The molecule has 0 aliphatic heterocycles. The molecule has 6 nitrogen and oxygen atoms in total. The molecule has 0 atom stereocenters. The number of ether oxygens (including phenoxy) is 1. The summed E-state index contributed by atoms with van der Waals surface area (Å²) in [4.78, 5) is 43.7. The van der Waals surface area contributed by atoms with Crippen LogP contribution in [0.4, 0.5) is 10.8 Å². The lowest BCUT2D eigenvalue weighted by molar-refractivity contribution is -0.115. The van der Waals surface area contributed by atoms with Crippen LogP contribution in [-0.2, 0) is 16.1 Å². The third kappa shape index (κ3) is 3.91. The number of fused-ring (bicyclic) bond motifs is 3. The molecule has 0 saturated heterocycles. The van der Waals surface area contributed by atoms with Gasteiger partial charge in [0.15, 0.2) is 10.9 Å². The molecule has 0 spiro atoms. The summed E-state index contributed by atoms with van der Waals surface area (Å²) in [5.41, 5.74) is 5.45. The third-order valence-corrected chi connectivity index (χ3v) is 6.49. The molecule has 1 amide bonds. The average Bonchev–Trinajstić information content (AvgIpc) is 3.40. The minimum atomic E-state index is -0.539. The SMILES string of the molecule is CC(=O)N(c1cccc(C)c1)c1nc(COC(=O)c2ccc3c(c2)C(=O)c2ccccc2-3)cs1. The molecule has 1 aromatic heterocycles. The predicted octanol–water partition coefficient (Wildman–Crippen LogP) is 5.70. The molecule has 0 unspecified atom stereocenters. The highest BCUT2D eigenvalue weighted by molar-refractivity contribution is 7.14. The molecule has 0 fully saturated rings. The molecule has 7 heteroatoms. The lowest BCUT2D eigenvalue weighted by atomic mass is 10.0. The Balaban J connectivity index is 1.31. The van der Waals surface area contributed by atoms with Gasteiger partial charge in [-0.15, -0.1) is 11.3 Å². The maximum absolute atomic E-state index is 12.7. The molecule has 1 heterocycles. The third-order valence-electron chi connectivity index (χ3n) is 5.62. The number of amides is 1. The number of hydrogen-bond donors (Lipinski definition) is 0. The van der Waals surface area contributed by atoms with Crippen LogP contribution in [0.15, 0.2) is 72.1 Å². The van der Waals surface area contributed by atoms with Crippen LogP contribution in [-0.4, -0.2) is 22.6 Å². The average molecular weight is 469 g/mol. The summed E-state index contributed by atoms with van der Waals surface area (Å²) in [5.74, 6) is -0.791. The van der Waals surface area contributed by atoms with Gasteiger partial charge < -0.3 is 4.74 Å². The minimum absolute atomic E-state index is 0.0415. The van der Waals surface area contributed by atoms with Crippen LogP contribution in [0.3, 0.4) is 0 Å². The van der Waals surface area contributed by atoms with E-state index in [1.54, 1.807) is 29.6 Å². The quantitative estimate of drug-likeness (QED) is 0.309. The summed E-state index contributed by atoms with van der Waals surface area (Å²) in [6, 6.07) is 20.0. The number of rotatable bonds is 5. The van der Waals surface area contributed by atoms with Crippen molar-refractivity contribution in [3.8, 4) is 11.1 Å². The normalized spacial score (nSPS) is 11.6. The van der Waals surface area contributed by atoms with Crippen molar-refractivity contribution in [3.63, 3.8) is 0 Å². The van der Waals surface area contributed by atoms with Crippen molar-refractivity contribution in [1.82, 2.24) is 4.98 Å². The first-order valence-corrected chi connectivity index (χ1v) is 11.6. The van der Waals surface area contributed by atoms with Crippen molar-refractivity contribution in [3.05, 3.63) is 100 Å². The van der Waals surface area contributed by atoms with Gasteiger partial charge in [0.1, 0.15) is 6.61 Å². The fraction of sp³-hybridized carbons (Fsp3) is 0.111. The number of aryl methyl sites for hydroxylation is 1. The number of hydrogen-bond acceptors (Lipinski definition) is 6. The topological polar surface area (TPSA) is 76.6 Å². The highest BCUT2D eigenvalue weighted by atomic mass is 32.1. The molecule has 168 valence electrons. The van der Waals surface area contributed by atoms with Crippen LogP contribution in [0.1, 0.15) is 44.5 Å². The van der Waals surface area contributed by atoms with E-state index in [-0.39, 0.29) is 18.3 Å². The zero-order valence-electron chi connectivity index (χ0n) is 18.6. The number of nitrogens with zero attached hydrogens (tertiary/aromatic N) is 2. The number of benzene rings is 3. The van der Waals surface area contributed by atoms with Gasteiger partial charge in [-0.1, -0.05) is 42.5 Å². The Hall–Kier alpha value is -4.10. The Bertz CT molecular complexity index is 1460. The van der Waals surface area contributed by atoms with E-state index in [1.165, 1.54) is 23.2 Å². The van der Waals surface area contributed by atoms with E-state index >= 15 is 0 Å². The summed E-state index contributed by atoms with van der Waals surface area (Å²) >= 11 is 1.30. The molecule has 0 saturated carbocycles. The van der Waals surface area contributed by atoms with Crippen molar-refractivity contribution in [2.24, 2.45) is 0 Å². The first kappa shape index (κ1) is 21.7. The maximum atomic E-state index is 12.7. The minimum Gasteiger partial charge on any atom is -0.456 e. The second-order valence-electron chi connectivity index (χ2n) is 8.03. The molecule has 1 aliphatic carbocycles. The number of carbonyl (C=O) groups excluding carboxylic acids is 3. The Kier molecular flexibility index (Phi) is 5.55. The van der Waals surface area contributed by atoms with Crippen LogP contribution < -0.4 is 4.90 Å². The molecule has 34 heavy (non-hydrogen) atoms. The molecule has 0 radical (unpaired) electrons. The Labute approximate surface area is 200 Å². The lowest BCUT2D eigenvalue weighted by Crippen LogP contribution is -2.22. The second kappa shape index (κ2) is 8.68. The number of ketones is 1. The van der Waals surface area contributed by atoms with Crippen molar-refractivity contribution < 1.29 is 19.1 Å². The van der Waals surface area contributed by atoms with E-state index in [4.69, 9.17) is 4.74 Å². The van der Waals surface area contributed by atoms with E-state index in [0.29, 0.717) is 27.5 Å². The van der Waals surface area contributed by atoms with Gasteiger partial charge in [0.05, 0.1) is 16.9 Å². The number of carbonyl (C=O) groups is 3. The smallest absolute Gasteiger partial charge is 0.338 e. The number of anilines is 2. The van der Waals surface area contributed by atoms with Crippen LogP contribution in [0.5, 0.6) is 0 Å². The largest absolute Gasteiger partial charge is 0.456 e. The van der Waals surface area contributed by atoms with Crippen molar-refractivity contribution >= 4 is 39.8 Å². The first-order chi connectivity index (χ1) is 16.4. The maximum Gasteiger partial charge on any atom is 0.338 e. The van der Waals surface area contributed by atoms with Gasteiger partial charge in [-0.25, -0.2) is 9.78 Å². The van der Waals surface area contributed by atoms with E-state index in [0.717, 1.165) is 22.4 Å². The van der Waals surface area contributed by atoms with Crippen LogP contribution in [0.25, 0.3) is 11.1 Å². The summed E-state index contributed by atoms with van der Waals surface area (Å²) in [6.45, 7) is 3.40. The van der Waals surface area contributed by atoms with Gasteiger partial charge in [0.25, 0.3) is 0 Å². The van der Waals surface area contributed by atoms with Crippen LogP contribution in [0, 0.1) is 6.92 Å². The molecule has 1 aliphatic rings. The highest BCUT2D eigenvalue weighted by Crippen LogP contribution is 2.37. The first-order valence-electron chi connectivity index (χ1n) is 10.7. The standard InChI is InChI=1S/C27H20N2O4S/c1-16-6-5-7-20(12-16)29(17(2)30)27-28-19(15-34-27)14-33-26(32)18-10-11-22-21-8-3-4-9-23(21)25(31)24(22)13-18/h3-13,15H,14H2,1-2H3. The highest BCUT2D eigenvalue weighted by Gasteiger charge is 2.27. The van der Waals surface area contributed by atoms with E-state index in [2.05, 4.69) is 4.98 Å². The van der Waals surface area contributed by atoms with Crippen LogP contribution in [0.2, 0.25) is 0 Å².